The van der Waals surface area contributed by atoms with Crippen molar-refractivity contribution in [1.82, 2.24) is 10.3 Å². The molecule has 0 unspecified atom stereocenters. The Balaban J connectivity index is 1.49. The van der Waals surface area contributed by atoms with E-state index in [1.54, 1.807) is 30.5 Å². The number of nitrogens with one attached hydrogen (secondary N) is 1. The second-order valence-corrected chi connectivity index (χ2v) is 5.53. The third-order valence-electron chi connectivity index (χ3n) is 3.71. The van der Waals surface area contributed by atoms with Gasteiger partial charge in [0.2, 0.25) is 5.89 Å². The molecule has 1 aromatic heterocycles. The van der Waals surface area contributed by atoms with Crippen LogP contribution in [0.3, 0.4) is 0 Å². The average Bonchev–Trinajstić information content (AvgIpc) is 3.20. The zero-order chi connectivity index (χ0) is 19.1. The van der Waals surface area contributed by atoms with Gasteiger partial charge in [0.05, 0.1) is 18.9 Å². The molecule has 1 N–H and O–H groups in total. The minimum absolute atomic E-state index is 0.115. The van der Waals surface area contributed by atoms with Crippen LogP contribution in [0.1, 0.15) is 16.2 Å². The van der Waals surface area contributed by atoms with Crippen LogP contribution in [-0.4, -0.2) is 30.5 Å². The van der Waals surface area contributed by atoms with Gasteiger partial charge >= 0.3 is 5.97 Å². The highest BCUT2D eigenvalue weighted by Gasteiger charge is 2.14. The van der Waals surface area contributed by atoms with Gasteiger partial charge in [0.15, 0.2) is 12.4 Å². The SMILES string of the molecule is COc1ccccc1C(=O)NCC(=O)OCc1ncc(-c2ccccc2)o1. The first-order valence-electron chi connectivity index (χ1n) is 8.24. The lowest BCUT2D eigenvalue weighted by Crippen LogP contribution is -2.30. The number of aromatic nitrogens is 1. The van der Waals surface area contributed by atoms with Crippen molar-refractivity contribution in [1.29, 1.82) is 0 Å². The van der Waals surface area contributed by atoms with E-state index in [9.17, 15) is 9.59 Å². The third-order valence-corrected chi connectivity index (χ3v) is 3.71. The Labute approximate surface area is 155 Å². The smallest absolute Gasteiger partial charge is 0.325 e. The molecular formula is C20H18N2O5. The first-order valence-corrected chi connectivity index (χ1v) is 8.24. The first kappa shape index (κ1) is 18.2. The lowest BCUT2D eigenvalue weighted by Gasteiger charge is -2.08. The van der Waals surface area contributed by atoms with Gasteiger partial charge in [-0.15, -0.1) is 0 Å². The number of benzene rings is 2. The summed E-state index contributed by atoms with van der Waals surface area (Å²) in [4.78, 5) is 28.1. The van der Waals surface area contributed by atoms with Crippen LogP contribution in [0.5, 0.6) is 5.75 Å². The molecule has 27 heavy (non-hydrogen) atoms. The van der Waals surface area contributed by atoms with Crippen LogP contribution in [0.4, 0.5) is 0 Å². The van der Waals surface area contributed by atoms with E-state index in [1.807, 2.05) is 30.3 Å². The number of amides is 1. The van der Waals surface area contributed by atoms with E-state index in [0.717, 1.165) is 5.56 Å². The van der Waals surface area contributed by atoms with Crippen molar-refractivity contribution in [2.24, 2.45) is 0 Å². The normalized spacial score (nSPS) is 10.3. The van der Waals surface area contributed by atoms with E-state index in [4.69, 9.17) is 13.9 Å². The van der Waals surface area contributed by atoms with Crippen LogP contribution in [0, 0.1) is 0 Å². The summed E-state index contributed by atoms with van der Waals surface area (Å²) in [6.07, 6.45) is 1.57. The van der Waals surface area contributed by atoms with Gasteiger partial charge in [0, 0.05) is 5.56 Å². The van der Waals surface area contributed by atoms with Gasteiger partial charge in [-0.05, 0) is 12.1 Å². The minimum Gasteiger partial charge on any atom is -0.496 e. The Morgan fingerprint density at radius 1 is 1.07 bits per heavy atom. The van der Waals surface area contributed by atoms with Gasteiger partial charge in [-0.1, -0.05) is 42.5 Å². The Hall–Kier alpha value is -3.61. The van der Waals surface area contributed by atoms with E-state index < -0.39 is 11.9 Å². The molecule has 0 aliphatic rings. The fourth-order valence-corrected chi connectivity index (χ4v) is 2.39. The highest BCUT2D eigenvalue weighted by atomic mass is 16.5. The Kier molecular flexibility index (Phi) is 5.84. The fourth-order valence-electron chi connectivity index (χ4n) is 2.39. The van der Waals surface area contributed by atoms with Crippen molar-refractivity contribution < 1.29 is 23.5 Å². The molecule has 3 rings (SSSR count). The Morgan fingerprint density at radius 3 is 2.59 bits per heavy atom. The summed E-state index contributed by atoms with van der Waals surface area (Å²) in [6.45, 7) is -0.390. The molecule has 3 aromatic rings. The lowest BCUT2D eigenvalue weighted by molar-refractivity contribution is -0.144. The van der Waals surface area contributed by atoms with Crippen molar-refractivity contribution in [3.63, 3.8) is 0 Å². The molecule has 0 fully saturated rings. The molecule has 0 saturated heterocycles. The molecule has 7 nitrogen and oxygen atoms in total. The second-order valence-electron chi connectivity index (χ2n) is 5.53. The molecule has 7 heteroatoms. The monoisotopic (exact) mass is 366 g/mol. The standard InChI is InChI=1S/C20H18N2O5/c1-25-16-10-6-5-9-15(16)20(24)22-12-19(23)26-13-18-21-11-17(27-18)14-7-3-2-4-8-14/h2-11H,12-13H2,1H3,(H,22,24). The molecule has 138 valence electrons. The number of carbonyl (C=O) groups is 2. The summed E-state index contributed by atoms with van der Waals surface area (Å²) >= 11 is 0. The van der Waals surface area contributed by atoms with E-state index in [1.165, 1.54) is 7.11 Å². The number of ether oxygens (including phenoxy) is 2. The van der Waals surface area contributed by atoms with Crippen molar-refractivity contribution in [2.45, 2.75) is 6.61 Å². The number of hydrogen-bond acceptors (Lipinski definition) is 6. The zero-order valence-corrected chi connectivity index (χ0v) is 14.7. The van der Waals surface area contributed by atoms with Gasteiger partial charge in [-0.25, -0.2) is 4.98 Å². The molecule has 1 amide bonds. The average molecular weight is 366 g/mol. The highest BCUT2D eigenvalue weighted by Crippen LogP contribution is 2.20. The molecule has 0 aliphatic heterocycles. The lowest BCUT2D eigenvalue weighted by atomic mass is 10.2. The maximum atomic E-state index is 12.1. The van der Waals surface area contributed by atoms with Gasteiger partial charge in [0.1, 0.15) is 12.3 Å². The first-order chi connectivity index (χ1) is 13.2. The molecule has 0 aliphatic carbocycles. The number of carbonyl (C=O) groups excluding carboxylic acids is 2. The molecule has 1 heterocycles. The van der Waals surface area contributed by atoms with Gasteiger partial charge in [-0.2, -0.15) is 0 Å². The molecular weight excluding hydrogens is 348 g/mol. The van der Waals surface area contributed by atoms with E-state index in [-0.39, 0.29) is 19.0 Å². The van der Waals surface area contributed by atoms with E-state index in [0.29, 0.717) is 17.1 Å². The Morgan fingerprint density at radius 2 is 1.81 bits per heavy atom. The third kappa shape index (κ3) is 4.72. The summed E-state index contributed by atoms with van der Waals surface area (Å²) in [5.74, 6) is 0.269. The number of esters is 1. The quantitative estimate of drug-likeness (QED) is 0.647. The van der Waals surface area contributed by atoms with Crippen molar-refractivity contribution in [3.8, 4) is 17.1 Å². The van der Waals surface area contributed by atoms with E-state index >= 15 is 0 Å². The molecule has 2 aromatic carbocycles. The zero-order valence-electron chi connectivity index (χ0n) is 14.7. The van der Waals surface area contributed by atoms with Gasteiger partial charge in [0.25, 0.3) is 5.91 Å². The predicted octanol–water partition coefficient (Wildman–Crippen LogP) is 2.82. The van der Waals surface area contributed by atoms with Crippen LogP contribution < -0.4 is 10.1 Å². The molecule has 0 spiro atoms. The summed E-state index contributed by atoms with van der Waals surface area (Å²) in [7, 11) is 1.47. The largest absolute Gasteiger partial charge is 0.496 e. The van der Waals surface area contributed by atoms with Crippen LogP contribution >= 0.6 is 0 Å². The van der Waals surface area contributed by atoms with Crippen LogP contribution in [0.2, 0.25) is 0 Å². The van der Waals surface area contributed by atoms with Crippen molar-refractivity contribution >= 4 is 11.9 Å². The number of rotatable bonds is 7. The molecule has 0 bridgehead atoms. The maximum Gasteiger partial charge on any atom is 0.325 e. The summed E-state index contributed by atoms with van der Waals surface area (Å²) < 4.78 is 15.8. The topological polar surface area (TPSA) is 90.7 Å². The minimum atomic E-state index is -0.599. The number of para-hydroxylation sites is 1. The fraction of sp³-hybridized carbons (Fsp3) is 0.150. The van der Waals surface area contributed by atoms with E-state index in [2.05, 4.69) is 10.3 Å². The maximum absolute atomic E-state index is 12.1. The number of hydrogen-bond donors (Lipinski definition) is 1. The summed E-state index contributed by atoms with van der Waals surface area (Å²) in [6, 6.07) is 16.2. The van der Waals surface area contributed by atoms with Crippen LogP contribution in [-0.2, 0) is 16.1 Å². The van der Waals surface area contributed by atoms with Crippen molar-refractivity contribution in [2.75, 3.05) is 13.7 Å². The number of methoxy groups -OCH3 is 1. The van der Waals surface area contributed by atoms with Crippen LogP contribution in [0.15, 0.2) is 65.2 Å². The summed E-state index contributed by atoms with van der Waals surface area (Å²) in [5, 5.41) is 2.50. The second kappa shape index (κ2) is 8.66. The number of nitrogens with zero attached hydrogens (tertiary/aromatic N) is 1. The number of oxazole rings is 1. The molecule has 0 radical (unpaired) electrons. The molecule has 0 atom stereocenters. The predicted molar refractivity (Wildman–Crippen MR) is 97.1 cm³/mol. The van der Waals surface area contributed by atoms with Gasteiger partial charge in [-0.3, -0.25) is 9.59 Å². The highest BCUT2D eigenvalue weighted by molar-refractivity contribution is 5.98. The van der Waals surface area contributed by atoms with Crippen molar-refractivity contribution in [3.05, 3.63) is 72.2 Å². The molecule has 0 saturated carbocycles. The Bertz CT molecular complexity index is 921. The van der Waals surface area contributed by atoms with Crippen LogP contribution in [0.25, 0.3) is 11.3 Å². The van der Waals surface area contributed by atoms with Gasteiger partial charge < -0.3 is 19.2 Å². The summed E-state index contributed by atoms with van der Waals surface area (Å²) in [5.41, 5.74) is 1.22.